The fourth-order valence-electron chi connectivity index (χ4n) is 7.98. The lowest BCUT2D eigenvalue weighted by atomic mass is 9.97. The molecule has 0 bridgehead atoms. The summed E-state index contributed by atoms with van der Waals surface area (Å²) in [6, 6.07) is 17.9. The number of nitrogens with zero attached hydrogens (tertiary/aromatic N) is 7. The standard InChI is InChI=1S/C25H20ClF4N3O3S.C12H11FN2O4S.C11H9ClF3N3/c1-31-18-5-9-20(10-6-18)37(35,36)23-13-17(27)12-21(23)22(34)11-2-15-14-33(32-24(15)26)19-7-3-16(4-8-19)25(28,29)30;1-14-9-2-4-10(5-3-9)20(18,19)15-7-8(13)6-11(15)12(16)17;12-10-7(5-16)6-18(17-10)9-3-1-8(2-4-9)11(13,14)15/h3-10,14,17,21,23H,2,11-13H2;2-5,8,11H,6-7H2,(H,16,17);1-4,6H,5,16H2/t17-,21+,23?;8-,11+;/m11./s1. The van der Waals surface area contributed by atoms with Gasteiger partial charge in [0.05, 0.1) is 50.7 Å². The number of hydrogen-bond acceptors (Lipinski definition) is 9. The van der Waals surface area contributed by atoms with Gasteiger partial charge in [0.1, 0.15) is 24.2 Å². The quantitative estimate of drug-likeness (QED) is 0.0879. The zero-order valence-corrected chi connectivity index (χ0v) is 41.6. The second-order valence-electron chi connectivity index (χ2n) is 16.8. The number of aliphatic carboxylic acids is 1. The highest BCUT2D eigenvalue weighted by molar-refractivity contribution is 7.92. The fraction of sp³-hybridized carbons (Fsp3) is 0.292. The Bertz CT molecular complexity index is 3330. The average Bonchev–Trinajstić information content (AvgIpc) is 4.18. The molecular weight excluding hydrogens is 1090 g/mol. The number of ketones is 1. The van der Waals surface area contributed by atoms with Crippen molar-refractivity contribution < 1.29 is 66.7 Å². The Hall–Kier alpha value is -6.74. The summed E-state index contributed by atoms with van der Waals surface area (Å²) in [7, 11) is -8.10. The molecule has 1 aliphatic heterocycles. The molecule has 0 amide bonds. The van der Waals surface area contributed by atoms with Crippen molar-refractivity contribution in [3.05, 3.63) is 165 Å². The Balaban J connectivity index is 0.000000202. The van der Waals surface area contributed by atoms with E-state index in [9.17, 15) is 61.5 Å². The molecule has 396 valence electrons. The maximum Gasteiger partial charge on any atom is 0.416 e. The van der Waals surface area contributed by atoms with Gasteiger partial charge in [-0.3, -0.25) is 9.59 Å². The van der Waals surface area contributed by atoms with Crippen LogP contribution in [0.25, 0.3) is 21.1 Å². The van der Waals surface area contributed by atoms with Gasteiger partial charge in [0, 0.05) is 55.4 Å². The molecular formula is C48H40Cl2F8N8O7S2. The van der Waals surface area contributed by atoms with Crippen molar-refractivity contribution in [2.24, 2.45) is 11.7 Å². The summed E-state index contributed by atoms with van der Waals surface area (Å²) in [5.74, 6) is -2.83. The monoisotopic (exact) mass is 1130 g/mol. The maximum absolute atomic E-state index is 14.3. The summed E-state index contributed by atoms with van der Waals surface area (Å²) < 4.78 is 158. The number of sulfonamides is 1. The molecule has 5 atom stereocenters. The van der Waals surface area contributed by atoms with E-state index in [0.717, 1.165) is 24.3 Å². The van der Waals surface area contributed by atoms with Crippen LogP contribution >= 0.6 is 23.2 Å². The number of carboxylic acids is 1. The molecule has 2 aliphatic rings. The van der Waals surface area contributed by atoms with Gasteiger partial charge in [0.2, 0.25) is 10.0 Å². The number of alkyl halides is 8. The van der Waals surface area contributed by atoms with Crippen LogP contribution in [0.3, 0.4) is 0 Å². The minimum atomic E-state index is -4.47. The molecule has 1 aliphatic carbocycles. The number of halogens is 10. The van der Waals surface area contributed by atoms with Gasteiger partial charge in [-0.25, -0.2) is 44.7 Å². The van der Waals surface area contributed by atoms with Crippen molar-refractivity contribution >= 4 is 66.2 Å². The van der Waals surface area contributed by atoms with E-state index in [0.29, 0.717) is 26.8 Å². The minimum Gasteiger partial charge on any atom is -0.480 e. The van der Waals surface area contributed by atoms with Crippen LogP contribution in [-0.2, 0) is 54.8 Å². The molecule has 3 N–H and O–H groups in total. The molecule has 3 heterocycles. The van der Waals surface area contributed by atoms with Crippen LogP contribution in [0, 0.1) is 19.1 Å². The predicted octanol–water partition coefficient (Wildman–Crippen LogP) is 10.6. The van der Waals surface area contributed by atoms with Gasteiger partial charge in [-0.15, -0.1) is 0 Å². The van der Waals surface area contributed by atoms with Crippen LogP contribution in [0.5, 0.6) is 0 Å². The predicted molar refractivity (Wildman–Crippen MR) is 257 cm³/mol. The number of rotatable bonds is 12. The molecule has 2 aromatic heterocycles. The van der Waals surface area contributed by atoms with Crippen LogP contribution in [0.1, 0.15) is 47.9 Å². The molecule has 4 aromatic carbocycles. The summed E-state index contributed by atoms with van der Waals surface area (Å²) >= 11 is 12.0. The van der Waals surface area contributed by atoms with Crippen LogP contribution in [-0.4, -0.2) is 87.7 Å². The molecule has 75 heavy (non-hydrogen) atoms. The second kappa shape index (κ2) is 23.4. The first-order valence-electron chi connectivity index (χ1n) is 22.0. The van der Waals surface area contributed by atoms with Gasteiger partial charge in [-0.05, 0) is 67.8 Å². The van der Waals surface area contributed by atoms with Gasteiger partial charge in [0.25, 0.3) is 0 Å². The molecule has 1 saturated carbocycles. The van der Waals surface area contributed by atoms with Gasteiger partial charge in [-0.2, -0.15) is 40.8 Å². The van der Waals surface area contributed by atoms with Gasteiger partial charge < -0.3 is 10.8 Å². The van der Waals surface area contributed by atoms with Gasteiger partial charge in [-0.1, -0.05) is 71.7 Å². The molecule has 0 spiro atoms. The minimum absolute atomic E-state index is 0.0477. The van der Waals surface area contributed by atoms with E-state index >= 15 is 0 Å². The highest BCUT2D eigenvalue weighted by Gasteiger charge is 2.47. The average molecular weight is 1130 g/mol. The van der Waals surface area contributed by atoms with E-state index in [1.165, 1.54) is 88.4 Å². The zero-order valence-electron chi connectivity index (χ0n) is 38.4. The molecule has 0 radical (unpaired) electrons. The first-order valence-corrected chi connectivity index (χ1v) is 25.7. The summed E-state index contributed by atoms with van der Waals surface area (Å²) in [6.45, 7) is 13.5. The van der Waals surface area contributed by atoms with Crippen LogP contribution in [0.15, 0.2) is 119 Å². The second-order valence-corrected chi connectivity index (χ2v) is 21.5. The third-order valence-corrected chi connectivity index (χ3v) is 16.6. The summed E-state index contributed by atoms with van der Waals surface area (Å²) in [5, 5.41) is 16.1. The third kappa shape index (κ3) is 13.8. The van der Waals surface area contributed by atoms with Crippen molar-refractivity contribution in [2.75, 3.05) is 6.54 Å². The Kier molecular flexibility index (Phi) is 18.0. The number of Topliss-reactive ketones (excluding diaryl/α,β-unsaturated/α-hetero) is 1. The number of aromatic nitrogens is 4. The van der Waals surface area contributed by atoms with Crippen molar-refractivity contribution in [2.45, 2.75) is 84.4 Å². The van der Waals surface area contributed by atoms with E-state index in [4.69, 9.17) is 47.2 Å². The normalized spacial score (nSPS) is 19.0. The van der Waals surface area contributed by atoms with E-state index < -0.39 is 91.2 Å². The Morgan fingerprint density at radius 2 is 1.13 bits per heavy atom. The van der Waals surface area contributed by atoms with Gasteiger partial charge in [0.15, 0.2) is 31.5 Å². The van der Waals surface area contributed by atoms with Crippen LogP contribution < -0.4 is 5.73 Å². The zero-order chi connectivity index (χ0) is 55.2. The van der Waals surface area contributed by atoms with Gasteiger partial charge >= 0.3 is 18.3 Å². The topological polar surface area (TPSA) is 196 Å². The fourth-order valence-corrected chi connectivity index (χ4v) is 12.1. The summed E-state index contributed by atoms with van der Waals surface area (Å²) in [5.41, 5.74) is 6.35. The largest absolute Gasteiger partial charge is 0.480 e. The summed E-state index contributed by atoms with van der Waals surface area (Å²) in [6.07, 6.45) is -9.55. The molecule has 6 aromatic rings. The van der Waals surface area contributed by atoms with E-state index in [2.05, 4.69) is 19.9 Å². The van der Waals surface area contributed by atoms with Crippen molar-refractivity contribution in [1.82, 2.24) is 23.9 Å². The Morgan fingerprint density at radius 1 is 0.680 bits per heavy atom. The molecule has 27 heteroatoms. The number of carbonyl (C=O) groups excluding carboxylic acids is 1. The smallest absolute Gasteiger partial charge is 0.416 e. The number of hydrogen-bond donors (Lipinski definition) is 2. The van der Waals surface area contributed by atoms with Crippen LogP contribution in [0.2, 0.25) is 10.3 Å². The Labute approximate surface area is 433 Å². The number of benzene rings is 4. The molecule has 8 rings (SSSR count). The number of carboxylic acid groups (broad SMARTS) is 1. The van der Waals surface area contributed by atoms with Crippen molar-refractivity contribution in [3.8, 4) is 11.4 Å². The van der Waals surface area contributed by atoms with E-state index in [1.807, 2.05) is 0 Å². The van der Waals surface area contributed by atoms with Crippen molar-refractivity contribution in [1.29, 1.82) is 0 Å². The number of aryl methyl sites for hydroxylation is 1. The van der Waals surface area contributed by atoms with E-state index in [-0.39, 0.29) is 70.1 Å². The highest BCUT2D eigenvalue weighted by atomic mass is 35.5. The maximum atomic E-state index is 14.3. The first-order chi connectivity index (χ1) is 35.2. The first kappa shape index (κ1) is 57.5. The van der Waals surface area contributed by atoms with E-state index in [1.54, 1.807) is 6.20 Å². The molecule has 15 nitrogen and oxygen atoms in total. The van der Waals surface area contributed by atoms with Crippen molar-refractivity contribution in [3.63, 3.8) is 0 Å². The Morgan fingerprint density at radius 3 is 1.56 bits per heavy atom. The third-order valence-electron chi connectivity index (χ3n) is 11.9. The highest BCUT2D eigenvalue weighted by Crippen LogP contribution is 2.39. The lowest BCUT2D eigenvalue weighted by Gasteiger charge is -2.20. The molecule has 1 unspecified atom stereocenters. The lowest BCUT2D eigenvalue weighted by Crippen LogP contribution is -2.40. The summed E-state index contributed by atoms with van der Waals surface area (Å²) in [4.78, 5) is 30.2. The SMILES string of the molecule is NCc1cn(-c2ccc(C(F)(F)F)cc2)nc1Cl.[C-]#[N+]c1ccc(S(=O)(=O)C2C[C@H](F)C[C@H]2C(=O)CCc2cn(-c3ccc(C(F)(F)F)cc3)nc2Cl)cc1.[C-]#[N+]c1ccc(S(=O)(=O)N2C[C@H](F)C[C@H]2C(=O)O)cc1. The lowest BCUT2D eigenvalue weighted by molar-refractivity contribution is -0.141. The molecule has 2 fully saturated rings. The molecule has 1 saturated heterocycles. The number of sulfone groups is 1. The van der Waals surface area contributed by atoms with Crippen LogP contribution in [0.4, 0.5) is 46.5 Å². The number of nitrogens with two attached hydrogens (primary N) is 1. The number of carbonyl (C=O) groups is 2.